The lowest BCUT2D eigenvalue weighted by atomic mass is 10.2. The smallest absolute Gasteiger partial charge is 0.113 e. The maximum absolute atomic E-state index is 8.48. The summed E-state index contributed by atoms with van der Waals surface area (Å²) in [5.41, 5.74) is 2.60. The zero-order chi connectivity index (χ0) is 9.97. The lowest BCUT2D eigenvalue weighted by Gasteiger charge is -1.93. The van der Waals surface area contributed by atoms with Crippen LogP contribution in [0.3, 0.4) is 0 Å². The Morgan fingerprint density at radius 1 is 1.50 bits per heavy atom. The van der Waals surface area contributed by atoms with Crippen LogP contribution in [0.5, 0.6) is 0 Å². The van der Waals surface area contributed by atoms with E-state index in [0.29, 0.717) is 12.8 Å². The van der Waals surface area contributed by atoms with Gasteiger partial charge in [-0.1, -0.05) is 0 Å². The Morgan fingerprint density at radius 2 is 2.36 bits per heavy atom. The first-order valence-electron chi connectivity index (χ1n) is 4.17. The molecule has 70 valence electrons. The van der Waals surface area contributed by atoms with E-state index in [-0.39, 0.29) is 0 Å². The van der Waals surface area contributed by atoms with Gasteiger partial charge in [0.15, 0.2) is 0 Å². The molecule has 0 aromatic carbocycles. The van der Waals surface area contributed by atoms with Gasteiger partial charge >= 0.3 is 0 Å². The van der Waals surface area contributed by atoms with Crippen LogP contribution in [0.4, 0.5) is 0 Å². The number of halogens is 1. The van der Waals surface area contributed by atoms with Gasteiger partial charge in [0.2, 0.25) is 0 Å². The fourth-order valence-corrected chi connectivity index (χ4v) is 1.59. The summed E-state index contributed by atoms with van der Waals surface area (Å²) in [4.78, 5) is 4.30. The van der Waals surface area contributed by atoms with Gasteiger partial charge in [-0.15, -0.1) is 0 Å². The number of nitriles is 1. The second-order valence-corrected chi connectivity index (χ2v) is 3.67. The standard InChI is InChI=1S/C9H7BrN4/c10-8-4-3-7-9(12-8)6(13-14-7)2-1-5-11/h3-4H,1-2H2,(H,13,14). The Balaban J connectivity index is 2.46. The van der Waals surface area contributed by atoms with E-state index in [1.54, 1.807) is 0 Å². The van der Waals surface area contributed by atoms with Gasteiger partial charge in [0.05, 0.1) is 11.8 Å². The Kier molecular flexibility index (Phi) is 2.46. The molecule has 2 aromatic rings. The monoisotopic (exact) mass is 250 g/mol. The molecule has 2 rings (SSSR count). The Hall–Kier alpha value is -1.41. The third kappa shape index (κ3) is 1.61. The van der Waals surface area contributed by atoms with Gasteiger partial charge in [0, 0.05) is 12.8 Å². The van der Waals surface area contributed by atoms with Gasteiger partial charge < -0.3 is 0 Å². The van der Waals surface area contributed by atoms with Crippen molar-refractivity contribution >= 4 is 27.0 Å². The van der Waals surface area contributed by atoms with Crippen LogP contribution in [0.2, 0.25) is 0 Å². The van der Waals surface area contributed by atoms with E-state index < -0.39 is 0 Å². The zero-order valence-electron chi connectivity index (χ0n) is 7.29. The van der Waals surface area contributed by atoms with Crippen molar-refractivity contribution in [2.45, 2.75) is 12.8 Å². The van der Waals surface area contributed by atoms with Crippen molar-refractivity contribution in [3.63, 3.8) is 0 Å². The average Bonchev–Trinajstić information content (AvgIpc) is 2.57. The highest BCUT2D eigenvalue weighted by molar-refractivity contribution is 9.10. The maximum atomic E-state index is 8.48. The topological polar surface area (TPSA) is 65.4 Å². The minimum absolute atomic E-state index is 0.478. The molecule has 0 aliphatic carbocycles. The fourth-order valence-electron chi connectivity index (χ4n) is 1.28. The van der Waals surface area contributed by atoms with Crippen LogP contribution in [0.1, 0.15) is 12.1 Å². The number of rotatable bonds is 2. The number of hydrogen-bond acceptors (Lipinski definition) is 3. The van der Waals surface area contributed by atoms with E-state index in [2.05, 4.69) is 37.2 Å². The van der Waals surface area contributed by atoms with Crippen molar-refractivity contribution in [3.8, 4) is 6.07 Å². The van der Waals surface area contributed by atoms with Gasteiger partial charge in [-0.2, -0.15) is 10.4 Å². The highest BCUT2D eigenvalue weighted by Crippen LogP contribution is 2.17. The highest BCUT2D eigenvalue weighted by Gasteiger charge is 2.06. The zero-order valence-corrected chi connectivity index (χ0v) is 8.87. The predicted octanol–water partition coefficient (Wildman–Crippen LogP) is 2.18. The predicted molar refractivity (Wildman–Crippen MR) is 55.5 cm³/mol. The van der Waals surface area contributed by atoms with Crippen molar-refractivity contribution in [1.29, 1.82) is 5.26 Å². The van der Waals surface area contributed by atoms with Crippen LogP contribution in [-0.2, 0) is 6.42 Å². The van der Waals surface area contributed by atoms with E-state index in [1.165, 1.54) is 0 Å². The molecular formula is C9H7BrN4. The van der Waals surface area contributed by atoms with Gasteiger partial charge in [-0.25, -0.2) is 4.98 Å². The molecule has 2 heterocycles. The summed E-state index contributed by atoms with van der Waals surface area (Å²) >= 11 is 3.30. The van der Waals surface area contributed by atoms with Gasteiger partial charge in [-0.3, -0.25) is 5.10 Å². The molecule has 0 aliphatic heterocycles. The second kappa shape index (κ2) is 3.76. The molecule has 4 nitrogen and oxygen atoms in total. The van der Waals surface area contributed by atoms with Crippen LogP contribution in [-0.4, -0.2) is 15.2 Å². The Labute approximate surface area is 89.1 Å². The van der Waals surface area contributed by atoms with Crippen molar-refractivity contribution in [2.24, 2.45) is 0 Å². The van der Waals surface area contributed by atoms with Crippen molar-refractivity contribution in [3.05, 3.63) is 22.4 Å². The summed E-state index contributed by atoms with van der Waals surface area (Å²) < 4.78 is 0.782. The molecule has 0 bridgehead atoms. The van der Waals surface area contributed by atoms with E-state index in [9.17, 15) is 0 Å². The molecule has 0 amide bonds. The molecule has 0 aliphatic rings. The molecule has 0 saturated carbocycles. The van der Waals surface area contributed by atoms with Crippen LogP contribution in [0.25, 0.3) is 11.0 Å². The Bertz CT molecular complexity index is 497. The minimum Gasteiger partial charge on any atom is -0.280 e. The number of hydrogen-bond donors (Lipinski definition) is 1. The Morgan fingerprint density at radius 3 is 3.14 bits per heavy atom. The number of fused-ring (bicyclic) bond motifs is 1. The number of H-pyrrole nitrogens is 1. The summed E-state index contributed by atoms with van der Waals surface area (Å²) in [5, 5.41) is 15.5. The van der Waals surface area contributed by atoms with E-state index in [0.717, 1.165) is 21.3 Å². The molecular weight excluding hydrogens is 244 g/mol. The lowest BCUT2D eigenvalue weighted by molar-refractivity contribution is 0.928. The van der Waals surface area contributed by atoms with E-state index in [4.69, 9.17) is 5.26 Å². The first-order valence-corrected chi connectivity index (χ1v) is 4.97. The summed E-state index contributed by atoms with van der Waals surface area (Å²) in [7, 11) is 0. The molecule has 14 heavy (non-hydrogen) atoms. The molecule has 1 N–H and O–H groups in total. The summed E-state index contributed by atoms with van der Waals surface area (Å²) in [6.07, 6.45) is 1.14. The number of aromatic nitrogens is 3. The van der Waals surface area contributed by atoms with Crippen molar-refractivity contribution in [2.75, 3.05) is 0 Å². The van der Waals surface area contributed by atoms with Gasteiger partial charge in [0.1, 0.15) is 15.6 Å². The van der Waals surface area contributed by atoms with Crippen LogP contribution in [0, 0.1) is 11.3 Å². The quantitative estimate of drug-likeness (QED) is 0.832. The first-order chi connectivity index (χ1) is 6.81. The highest BCUT2D eigenvalue weighted by atomic mass is 79.9. The molecule has 2 aromatic heterocycles. The van der Waals surface area contributed by atoms with Crippen molar-refractivity contribution in [1.82, 2.24) is 15.2 Å². The lowest BCUT2D eigenvalue weighted by Crippen LogP contribution is -1.86. The molecule has 0 radical (unpaired) electrons. The van der Waals surface area contributed by atoms with E-state index >= 15 is 0 Å². The number of aromatic amines is 1. The largest absolute Gasteiger partial charge is 0.280 e. The van der Waals surface area contributed by atoms with Crippen molar-refractivity contribution < 1.29 is 0 Å². The summed E-state index contributed by atoms with van der Waals surface area (Å²) in [6, 6.07) is 5.83. The SMILES string of the molecule is N#CCCc1[nH]nc2ccc(Br)nc12. The molecule has 0 fully saturated rings. The third-order valence-electron chi connectivity index (χ3n) is 1.92. The van der Waals surface area contributed by atoms with E-state index in [1.807, 2.05) is 12.1 Å². The van der Waals surface area contributed by atoms with Gasteiger partial charge in [-0.05, 0) is 28.1 Å². The fraction of sp³-hybridized carbons (Fsp3) is 0.222. The minimum atomic E-state index is 0.478. The first kappa shape index (κ1) is 9.16. The average molecular weight is 251 g/mol. The molecule has 0 unspecified atom stereocenters. The second-order valence-electron chi connectivity index (χ2n) is 2.86. The van der Waals surface area contributed by atoms with Crippen LogP contribution >= 0.6 is 15.9 Å². The number of aryl methyl sites for hydroxylation is 1. The number of pyridine rings is 1. The molecule has 0 atom stereocenters. The number of nitrogens with one attached hydrogen (secondary N) is 1. The van der Waals surface area contributed by atoms with Gasteiger partial charge in [0.25, 0.3) is 0 Å². The van der Waals surface area contributed by atoms with Crippen LogP contribution < -0.4 is 0 Å². The van der Waals surface area contributed by atoms with Crippen LogP contribution in [0.15, 0.2) is 16.7 Å². The molecule has 5 heteroatoms. The normalized spacial score (nSPS) is 10.3. The molecule has 0 spiro atoms. The summed E-state index contributed by atoms with van der Waals surface area (Å²) in [6.45, 7) is 0. The third-order valence-corrected chi connectivity index (χ3v) is 2.37. The maximum Gasteiger partial charge on any atom is 0.113 e. The summed E-state index contributed by atoms with van der Waals surface area (Å²) in [5.74, 6) is 0. The number of nitrogens with zero attached hydrogens (tertiary/aromatic N) is 3. The molecule has 0 saturated heterocycles.